The number of amides is 1. The van der Waals surface area contributed by atoms with Gasteiger partial charge in [0.05, 0.1) is 16.9 Å². The van der Waals surface area contributed by atoms with Crippen molar-refractivity contribution in [2.45, 2.75) is 25.7 Å². The molecule has 0 saturated carbocycles. The Labute approximate surface area is 158 Å². The van der Waals surface area contributed by atoms with E-state index in [4.69, 9.17) is 4.99 Å². The second-order valence-corrected chi connectivity index (χ2v) is 7.55. The largest absolute Gasteiger partial charge is 0.268 e. The first kappa shape index (κ1) is 14.9. The number of anilines is 1. The molecule has 0 saturated heterocycles. The average molecular weight is 350 g/mol. The van der Waals surface area contributed by atoms with E-state index in [1.807, 2.05) is 29.2 Å². The molecular formula is C24H18N2O. The number of rotatable bonds is 0. The number of hydrogen-bond acceptors (Lipinski definition) is 2. The number of amidine groups is 1. The highest BCUT2D eigenvalue weighted by molar-refractivity contribution is 6.36. The summed E-state index contributed by atoms with van der Waals surface area (Å²) in [5, 5.41) is 0. The summed E-state index contributed by atoms with van der Waals surface area (Å²) in [4.78, 5) is 20.2. The first-order valence-electron chi connectivity index (χ1n) is 9.54. The van der Waals surface area contributed by atoms with Gasteiger partial charge < -0.3 is 0 Å². The van der Waals surface area contributed by atoms with Gasteiger partial charge in [0.15, 0.2) is 0 Å². The highest BCUT2D eigenvalue weighted by atomic mass is 16.2. The molecule has 1 amide bonds. The third-order valence-corrected chi connectivity index (χ3v) is 5.95. The summed E-state index contributed by atoms with van der Waals surface area (Å²) < 4.78 is 0. The van der Waals surface area contributed by atoms with E-state index in [0.29, 0.717) is 0 Å². The van der Waals surface area contributed by atoms with Crippen LogP contribution in [0.25, 0.3) is 0 Å². The minimum atomic E-state index is 0.0293. The standard InChI is InChI=1S/C24H18N2O/c27-24-20-4-2-1-3-19(20)23-25-21-13-15-5-6-16-8-10-18(22(14-16)26(23)24)12-11-17(21)9-7-15/h1-4,7-10,13-14H,5-6,11-12H2. The number of carbonyl (C=O) groups excluding carboxylic acids is 1. The van der Waals surface area contributed by atoms with Gasteiger partial charge >= 0.3 is 0 Å². The molecule has 4 bridgehead atoms. The lowest BCUT2D eigenvalue weighted by molar-refractivity contribution is 0.101. The molecule has 0 fully saturated rings. The lowest BCUT2D eigenvalue weighted by atomic mass is 9.94. The van der Waals surface area contributed by atoms with Gasteiger partial charge in [0.2, 0.25) is 0 Å². The van der Waals surface area contributed by atoms with Crippen LogP contribution in [0.5, 0.6) is 0 Å². The Hall–Kier alpha value is -3.20. The Morgan fingerprint density at radius 2 is 1.44 bits per heavy atom. The fourth-order valence-corrected chi connectivity index (χ4v) is 4.47. The SMILES string of the molecule is O=C1c2ccccc2C2=Nc3cc4ccc3CCc3ccc(cc3N12)CC4. The Balaban J connectivity index is 1.74. The number of hydrogen-bond donors (Lipinski definition) is 0. The van der Waals surface area contributed by atoms with Crippen molar-refractivity contribution in [3.63, 3.8) is 0 Å². The summed E-state index contributed by atoms with van der Waals surface area (Å²) in [5.41, 5.74) is 8.71. The van der Waals surface area contributed by atoms with Crippen molar-refractivity contribution in [1.29, 1.82) is 0 Å². The highest BCUT2D eigenvalue weighted by Gasteiger charge is 2.36. The normalized spacial score (nSPS) is 16.5. The van der Waals surface area contributed by atoms with Gasteiger partial charge in [0.1, 0.15) is 5.84 Å². The zero-order valence-corrected chi connectivity index (χ0v) is 14.9. The van der Waals surface area contributed by atoms with Crippen molar-refractivity contribution in [3.05, 3.63) is 94.0 Å². The van der Waals surface area contributed by atoms with E-state index < -0.39 is 0 Å². The van der Waals surface area contributed by atoms with Crippen LogP contribution in [0.1, 0.15) is 38.2 Å². The zero-order chi connectivity index (χ0) is 18.0. The van der Waals surface area contributed by atoms with E-state index in [1.54, 1.807) is 0 Å². The van der Waals surface area contributed by atoms with Gasteiger partial charge in [-0.2, -0.15) is 0 Å². The maximum atomic E-state index is 13.3. The number of aryl methyl sites for hydroxylation is 4. The Bertz CT molecular complexity index is 1160. The molecule has 0 unspecified atom stereocenters. The molecule has 0 spiro atoms. The van der Waals surface area contributed by atoms with Crippen LogP contribution in [-0.2, 0) is 25.7 Å². The number of nitrogens with zero attached hydrogens (tertiary/aromatic N) is 2. The minimum absolute atomic E-state index is 0.0293. The topological polar surface area (TPSA) is 32.7 Å². The van der Waals surface area contributed by atoms with Crippen LogP contribution >= 0.6 is 0 Å². The smallest absolute Gasteiger partial charge is 0.264 e. The molecule has 130 valence electrons. The van der Waals surface area contributed by atoms with Gasteiger partial charge in [-0.25, -0.2) is 4.99 Å². The van der Waals surface area contributed by atoms with E-state index in [2.05, 4.69) is 36.4 Å². The van der Waals surface area contributed by atoms with Gasteiger partial charge in [-0.1, -0.05) is 42.5 Å². The van der Waals surface area contributed by atoms with Gasteiger partial charge in [0, 0.05) is 5.56 Å². The van der Waals surface area contributed by atoms with Gasteiger partial charge in [-0.15, -0.1) is 0 Å². The van der Waals surface area contributed by atoms with Crippen molar-refractivity contribution in [2.24, 2.45) is 4.99 Å². The fraction of sp³-hybridized carbons (Fsp3) is 0.167. The predicted octanol–water partition coefficient (Wildman–Crippen LogP) is 4.62. The highest BCUT2D eigenvalue weighted by Crippen LogP contribution is 2.37. The Morgan fingerprint density at radius 3 is 2.30 bits per heavy atom. The lowest BCUT2D eigenvalue weighted by Gasteiger charge is -2.21. The second-order valence-electron chi connectivity index (χ2n) is 7.55. The molecule has 3 aliphatic heterocycles. The lowest BCUT2D eigenvalue weighted by Crippen LogP contribution is -2.31. The number of aliphatic imine (C=N–C) groups is 1. The first-order chi connectivity index (χ1) is 13.3. The summed E-state index contributed by atoms with van der Waals surface area (Å²) in [6.07, 6.45) is 3.80. The fourth-order valence-electron chi connectivity index (χ4n) is 4.47. The molecule has 0 atom stereocenters. The molecule has 0 aromatic heterocycles. The van der Waals surface area contributed by atoms with Crippen molar-refractivity contribution in [3.8, 4) is 0 Å². The van der Waals surface area contributed by atoms with E-state index in [0.717, 1.165) is 54.0 Å². The summed E-state index contributed by atoms with van der Waals surface area (Å²) in [7, 11) is 0. The van der Waals surface area contributed by atoms with Crippen LogP contribution in [0.4, 0.5) is 11.4 Å². The molecule has 0 aliphatic carbocycles. The maximum absolute atomic E-state index is 13.3. The Morgan fingerprint density at radius 1 is 0.741 bits per heavy atom. The Kier molecular flexibility index (Phi) is 2.98. The third kappa shape index (κ3) is 2.15. The molecule has 3 aliphatic rings. The predicted molar refractivity (Wildman–Crippen MR) is 107 cm³/mol. The van der Waals surface area contributed by atoms with Crippen LogP contribution in [0, 0.1) is 0 Å². The van der Waals surface area contributed by atoms with Crippen molar-refractivity contribution < 1.29 is 4.79 Å². The van der Waals surface area contributed by atoms with E-state index >= 15 is 0 Å². The number of fused-ring (bicyclic) bond motifs is 3. The molecular weight excluding hydrogens is 332 g/mol. The molecule has 3 aromatic carbocycles. The van der Waals surface area contributed by atoms with E-state index in [1.165, 1.54) is 22.3 Å². The van der Waals surface area contributed by atoms with Crippen LogP contribution in [0.3, 0.4) is 0 Å². The second kappa shape index (κ2) is 5.40. The summed E-state index contributed by atoms with van der Waals surface area (Å²) >= 11 is 0. The van der Waals surface area contributed by atoms with Gasteiger partial charge in [-0.3, -0.25) is 9.69 Å². The molecule has 3 nitrogen and oxygen atoms in total. The molecule has 0 radical (unpaired) electrons. The van der Waals surface area contributed by atoms with E-state index in [-0.39, 0.29) is 5.91 Å². The van der Waals surface area contributed by atoms with Crippen LogP contribution < -0.4 is 4.90 Å². The zero-order valence-electron chi connectivity index (χ0n) is 14.9. The molecule has 27 heavy (non-hydrogen) atoms. The summed E-state index contributed by atoms with van der Waals surface area (Å²) in [6.45, 7) is 0. The van der Waals surface area contributed by atoms with Crippen molar-refractivity contribution in [1.82, 2.24) is 0 Å². The van der Waals surface area contributed by atoms with Crippen molar-refractivity contribution >= 4 is 23.1 Å². The van der Waals surface area contributed by atoms with Gasteiger partial charge in [0.25, 0.3) is 5.91 Å². The van der Waals surface area contributed by atoms with Crippen LogP contribution in [0.15, 0.2) is 65.7 Å². The monoisotopic (exact) mass is 350 g/mol. The van der Waals surface area contributed by atoms with E-state index in [9.17, 15) is 4.79 Å². The van der Waals surface area contributed by atoms with Crippen LogP contribution in [-0.4, -0.2) is 11.7 Å². The van der Waals surface area contributed by atoms with Gasteiger partial charge in [-0.05, 0) is 66.1 Å². The number of carbonyl (C=O) groups is 1. The first-order valence-corrected chi connectivity index (χ1v) is 9.54. The maximum Gasteiger partial charge on any atom is 0.264 e. The summed E-state index contributed by atoms with van der Waals surface area (Å²) in [5.74, 6) is 0.790. The molecule has 3 heterocycles. The average Bonchev–Trinajstić information content (AvgIpc) is 2.98. The third-order valence-electron chi connectivity index (χ3n) is 5.95. The number of benzene rings is 3. The molecule has 3 heteroatoms. The molecule has 6 rings (SSSR count). The molecule has 3 aromatic rings. The quantitative estimate of drug-likeness (QED) is 0.582. The van der Waals surface area contributed by atoms with Crippen molar-refractivity contribution in [2.75, 3.05) is 4.90 Å². The minimum Gasteiger partial charge on any atom is -0.268 e. The summed E-state index contributed by atoms with van der Waals surface area (Å²) in [6, 6.07) is 21.1. The molecule has 0 N–H and O–H groups in total. The van der Waals surface area contributed by atoms with Crippen LogP contribution in [0.2, 0.25) is 0 Å².